The van der Waals surface area contributed by atoms with Gasteiger partial charge in [-0.1, -0.05) is 27.2 Å². The summed E-state index contributed by atoms with van der Waals surface area (Å²) in [5.41, 5.74) is 0.256. The van der Waals surface area contributed by atoms with E-state index in [1.54, 1.807) is 0 Å². The van der Waals surface area contributed by atoms with Crippen LogP contribution in [0.4, 0.5) is 0 Å². The molecule has 84 valence electrons. The first-order valence-corrected chi connectivity index (χ1v) is 5.88. The maximum absolute atomic E-state index is 9.00. The van der Waals surface area contributed by atoms with Crippen molar-refractivity contribution in [3.63, 3.8) is 0 Å². The van der Waals surface area contributed by atoms with Crippen molar-refractivity contribution in [2.24, 2.45) is 11.3 Å². The van der Waals surface area contributed by atoms with E-state index in [1.165, 1.54) is 19.3 Å². The Balaban J connectivity index is 2.26. The number of hydrogen-bond acceptors (Lipinski definition) is 2. The molecule has 0 saturated heterocycles. The zero-order chi connectivity index (χ0) is 10.6. The summed E-state index contributed by atoms with van der Waals surface area (Å²) in [4.78, 5) is 0. The van der Waals surface area contributed by atoms with Crippen LogP contribution in [0, 0.1) is 11.3 Å². The maximum Gasteiger partial charge on any atom is 0.0446 e. The molecule has 0 heterocycles. The lowest BCUT2D eigenvalue weighted by molar-refractivity contribution is 0.181. The summed E-state index contributed by atoms with van der Waals surface area (Å²) in [6.45, 7) is 8.14. The van der Waals surface area contributed by atoms with Gasteiger partial charge in [0.2, 0.25) is 0 Å². The lowest BCUT2D eigenvalue weighted by Crippen LogP contribution is -2.44. The Morgan fingerprint density at radius 1 is 1.36 bits per heavy atom. The van der Waals surface area contributed by atoms with Crippen molar-refractivity contribution < 1.29 is 5.11 Å². The molecular weight excluding hydrogens is 174 g/mol. The van der Waals surface area contributed by atoms with Crippen LogP contribution in [0.5, 0.6) is 0 Å². The fraction of sp³-hybridized carbons (Fsp3) is 1.00. The van der Waals surface area contributed by atoms with E-state index in [2.05, 4.69) is 26.1 Å². The molecule has 1 saturated carbocycles. The number of hydrogen-bond donors (Lipinski definition) is 2. The largest absolute Gasteiger partial charge is 0.396 e. The van der Waals surface area contributed by atoms with Gasteiger partial charge < -0.3 is 10.4 Å². The Bertz CT molecular complexity index is 158. The van der Waals surface area contributed by atoms with Crippen LogP contribution in [0.3, 0.4) is 0 Å². The molecule has 1 atom stereocenters. The topological polar surface area (TPSA) is 32.3 Å². The third-order valence-corrected chi connectivity index (χ3v) is 3.34. The quantitative estimate of drug-likeness (QED) is 0.711. The van der Waals surface area contributed by atoms with E-state index in [1.807, 2.05) is 0 Å². The van der Waals surface area contributed by atoms with Gasteiger partial charge in [0.1, 0.15) is 0 Å². The molecule has 0 spiro atoms. The minimum atomic E-state index is 0.256. The number of rotatable bonds is 5. The minimum Gasteiger partial charge on any atom is -0.396 e. The van der Waals surface area contributed by atoms with Crippen LogP contribution in [0.2, 0.25) is 0 Å². The van der Waals surface area contributed by atoms with Crippen LogP contribution in [0.25, 0.3) is 0 Å². The van der Waals surface area contributed by atoms with E-state index in [9.17, 15) is 0 Å². The molecule has 1 unspecified atom stereocenters. The molecule has 14 heavy (non-hydrogen) atoms. The first-order chi connectivity index (χ1) is 6.54. The van der Waals surface area contributed by atoms with Crippen molar-refractivity contribution in [3.8, 4) is 0 Å². The van der Waals surface area contributed by atoms with E-state index in [0.29, 0.717) is 12.6 Å². The highest BCUT2D eigenvalue weighted by molar-refractivity contribution is 4.82. The van der Waals surface area contributed by atoms with E-state index in [-0.39, 0.29) is 5.41 Å². The molecule has 2 N–H and O–H groups in total. The van der Waals surface area contributed by atoms with Gasteiger partial charge in [-0.05, 0) is 37.1 Å². The molecule has 2 nitrogen and oxygen atoms in total. The van der Waals surface area contributed by atoms with Crippen LogP contribution in [-0.4, -0.2) is 24.3 Å². The second-order valence-electron chi connectivity index (χ2n) is 5.64. The van der Waals surface area contributed by atoms with Gasteiger partial charge in [-0.2, -0.15) is 0 Å². The molecule has 0 bridgehead atoms. The van der Waals surface area contributed by atoms with E-state index >= 15 is 0 Å². The average Bonchev–Trinajstić information content (AvgIpc) is 1.98. The van der Waals surface area contributed by atoms with Gasteiger partial charge in [0.25, 0.3) is 0 Å². The van der Waals surface area contributed by atoms with Crippen molar-refractivity contribution in [2.75, 3.05) is 13.2 Å². The average molecular weight is 199 g/mol. The highest BCUT2D eigenvalue weighted by atomic mass is 16.3. The third-order valence-electron chi connectivity index (χ3n) is 3.34. The summed E-state index contributed by atoms with van der Waals surface area (Å²) in [6.07, 6.45) is 5.06. The summed E-state index contributed by atoms with van der Waals surface area (Å²) < 4.78 is 0. The van der Waals surface area contributed by atoms with Crippen molar-refractivity contribution >= 4 is 0 Å². The third kappa shape index (κ3) is 3.58. The SMILES string of the molecule is CC(C)(C)C(CCO)NCC1CCC1. The summed E-state index contributed by atoms with van der Waals surface area (Å²) in [5.74, 6) is 0.901. The molecule has 2 heteroatoms. The van der Waals surface area contributed by atoms with Crippen LogP contribution < -0.4 is 5.32 Å². The number of aliphatic hydroxyl groups excluding tert-OH is 1. The molecule has 0 aromatic heterocycles. The van der Waals surface area contributed by atoms with E-state index < -0.39 is 0 Å². The summed E-state index contributed by atoms with van der Waals surface area (Å²) in [6, 6.07) is 0.452. The van der Waals surface area contributed by atoms with Crippen molar-refractivity contribution in [3.05, 3.63) is 0 Å². The molecule has 0 radical (unpaired) electrons. The fourth-order valence-corrected chi connectivity index (χ4v) is 1.98. The first-order valence-electron chi connectivity index (χ1n) is 5.88. The lowest BCUT2D eigenvalue weighted by Gasteiger charge is -2.34. The maximum atomic E-state index is 9.00. The smallest absolute Gasteiger partial charge is 0.0446 e. The Labute approximate surface area is 88.1 Å². The van der Waals surface area contributed by atoms with Crippen LogP contribution in [0.1, 0.15) is 46.5 Å². The van der Waals surface area contributed by atoms with Crippen LogP contribution in [-0.2, 0) is 0 Å². The van der Waals surface area contributed by atoms with Gasteiger partial charge in [0.15, 0.2) is 0 Å². The highest BCUT2D eigenvalue weighted by Crippen LogP contribution is 2.27. The van der Waals surface area contributed by atoms with E-state index in [0.717, 1.165) is 18.9 Å². The normalized spacial score (nSPS) is 20.6. The van der Waals surface area contributed by atoms with Gasteiger partial charge in [-0.3, -0.25) is 0 Å². The molecule has 1 aliphatic carbocycles. The molecule has 1 aliphatic rings. The Hall–Kier alpha value is -0.0800. The van der Waals surface area contributed by atoms with Gasteiger partial charge in [-0.25, -0.2) is 0 Å². The molecule has 1 rings (SSSR count). The minimum absolute atomic E-state index is 0.256. The van der Waals surface area contributed by atoms with Gasteiger partial charge >= 0.3 is 0 Å². The predicted octanol–water partition coefficient (Wildman–Crippen LogP) is 2.17. The van der Waals surface area contributed by atoms with Crippen LogP contribution in [0.15, 0.2) is 0 Å². The summed E-state index contributed by atoms with van der Waals surface area (Å²) >= 11 is 0. The Morgan fingerprint density at radius 2 is 2.00 bits per heavy atom. The summed E-state index contributed by atoms with van der Waals surface area (Å²) in [5, 5.41) is 12.6. The molecular formula is C12H25NO. The molecule has 0 aliphatic heterocycles. The number of nitrogens with one attached hydrogen (secondary N) is 1. The molecule has 0 amide bonds. The van der Waals surface area contributed by atoms with Crippen LogP contribution >= 0.6 is 0 Å². The fourth-order valence-electron chi connectivity index (χ4n) is 1.98. The first kappa shape index (κ1) is 12.0. The van der Waals surface area contributed by atoms with Gasteiger partial charge in [0.05, 0.1) is 0 Å². The van der Waals surface area contributed by atoms with Gasteiger partial charge in [0, 0.05) is 12.6 Å². The molecule has 1 fully saturated rings. The van der Waals surface area contributed by atoms with Crippen molar-refractivity contribution in [1.29, 1.82) is 0 Å². The standard InChI is InChI=1S/C12H25NO/c1-12(2,3)11(7-8-14)13-9-10-5-4-6-10/h10-11,13-14H,4-9H2,1-3H3. The van der Waals surface area contributed by atoms with Crippen molar-refractivity contribution in [2.45, 2.75) is 52.5 Å². The zero-order valence-electron chi connectivity index (χ0n) is 9.84. The van der Waals surface area contributed by atoms with Gasteiger partial charge in [-0.15, -0.1) is 0 Å². The molecule has 0 aromatic carbocycles. The lowest BCUT2D eigenvalue weighted by atomic mass is 9.82. The summed E-state index contributed by atoms with van der Waals surface area (Å²) in [7, 11) is 0. The van der Waals surface area contributed by atoms with E-state index in [4.69, 9.17) is 5.11 Å². The molecule has 0 aromatic rings. The second-order valence-corrected chi connectivity index (χ2v) is 5.64. The Morgan fingerprint density at radius 3 is 2.36 bits per heavy atom. The predicted molar refractivity (Wildman–Crippen MR) is 60.3 cm³/mol. The van der Waals surface area contributed by atoms with Crippen molar-refractivity contribution in [1.82, 2.24) is 5.32 Å². The zero-order valence-corrected chi connectivity index (χ0v) is 9.84. The highest BCUT2D eigenvalue weighted by Gasteiger charge is 2.25. The number of aliphatic hydroxyl groups is 1. The monoisotopic (exact) mass is 199 g/mol. The second kappa shape index (κ2) is 5.13. The Kier molecular flexibility index (Phi) is 4.39.